The Bertz CT molecular complexity index is 516. The number of rotatable bonds is 6. The zero-order valence-electron chi connectivity index (χ0n) is 11.4. The summed E-state index contributed by atoms with van der Waals surface area (Å²) < 4.78 is 5.24. The third-order valence-electron chi connectivity index (χ3n) is 3.04. The Hall–Kier alpha value is -2.19. The fourth-order valence-electron chi connectivity index (χ4n) is 2.03. The largest absolute Gasteiger partial charge is 0.480 e. The summed E-state index contributed by atoms with van der Waals surface area (Å²) in [6, 6.07) is 3.35. The number of hydrogen-bond donors (Lipinski definition) is 2. The summed E-state index contributed by atoms with van der Waals surface area (Å²) in [4.78, 5) is 30.7. The first-order valence-electron chi connectivity index (χ1n) is 6.55. The molecular formula is C13H17N3O5. The number of amides is 2. The van der Waals surface area contributed by atoms with Gasteiger partial charge < -0.3 is 19.8 Å². The fourth-order valence-corrected chi connectivity index (χ4v) is 2.03. The van der Waals surface area contributed by atoms with Crippen molar-refractivity contribution in [2.75, 3.05) is 44.4 Å². The Balaban J connectivity index is 2.14. The molecule has 0 bridgehead atoms. The van der Waals surface area contributed by atoms with Crippen LogP contribution in [-0.4, -0.2) is 71.4 Å². The van der Waals surface area contributed by atoms with Gasteiger partial charge in [0.2, 0.25) is 5.91 Å². The van der Waals surface area contributed by atoms with Gasteiger partial charge in [-0.15, -0.1) is 0 Å². The summed E-state index contributed by atoms with van der Waals surface area (Å²) in [5.74, 6) is 0.0169. The maximum Gasteiger partial charge on any atom is 0.266 e. The van der Waals surface area contributed by atoms with Crippen LogP contribution in [0, 0.1) is 0 Å². The highest BCUT2D eigenvalue weighted by Gasteiger charge is 2.29. The van der Waals surface area contributed by atoms with Gasteiger partial charge in [0.05, 0.1) is 13.2 Å². The van der Waals surface area contributed by atoms with Crippen molar-refractivity contribution >= 4 is 17.6 Å². The molecule has 8 nitrogen and oxygen atoms in total. The molecule has 0 radical (unpaired) electrons. The molecule has 0 saturated heterocycles. The van der Waals surface area contributed by atoms with E-state index < -0.39 is 0 Å². The minimum Gasteiger partial charge on any atom is -0.480 e. The maximum atomic E-state index is 12.2. The van der Waals surface area contributed by atoms with Gasteiger partial charge in [-0.1, -0.05) is 0 Å². The van der Waals surface area contributed by atoms with Gasteiger partial charge in [-0.05, 0) is 12.1 Å². The van der Waals surface area contributed by atoms with Gasteiger partial charge in [-0.3, -0.25) is 14.5 Å². The molecule has 8 heteroatoms. The lowest BCUT2D eigenvalue weighted by Crippen LogP contribution is -2.48. The van der Waals surface area contributed by atoms with E-state index in [0.29, 0.717) is 11.6 Å². The van der Waals surface area contributed by atoms with Gasteiger partial charge in [0.25, 0.3) is 5.91 Å². The molecule has 2 amide bonds. The number of aromatic nitrogens is 1. The summed E-state index contributed by atoms with van der Waals surface area (Å²) in [5.41, 5.74) is 0. The van der Waals surface area contributed by atoms with Crippen molar-refractivity contribution in [2.24, 2.45) is 0 Å². The first-order chi connectivity index (χ1) is 10.2. The zero-order valence-corrected chi connectivity index (χ0v) is 11.4. The van der Waals surface area contributed by atoms with Crippen molar-refractivity contribution in [1.29, 1.82) is 0 Å². The van der Waals surface area contributed by atoms with Crippen LogP contribution in [0.3, 0.4) is 0 Å². The number of hydrogen-bond acceptors (Lipinski definition) is 6. The second-order valence-electron chi connectivity index (χ2n) is 4.42. The number of carbonyl (C=O) groups is 2. The van der Waals surface area contributed by atoms with E-state index in [9.17, 15) is 9.59 Å². The fraction of sp³-hybridized carbons (Fsp3) is 0.462. The van der Waals surface area contributed by atoms with Crippen LogP contribution in [0.1, 0.15) is 0 Å². The first kappa shape index (κ1) is 15.2. The van der Waals surface area contributed by atoms with E-state index in [4.69, 9.17) is 14.9 Å². The van der Waals surface area contributed by atoms with Crippen LogP contribution in [0.15, 0.2) is 18.3 Å². The van der Waals surface area contributed by atoms with E-state index in [-0.39, 0.29) is 51.3 Å². The van der Waals surface area contributed by atoms with Crippen molar-refractivity contribution in [3.63, 3.8) is 0 Å². The Morgan fingerprint density at radius 1 is 1.38 bits per heavy atom. The number of aliphatic hydroxyl groups excluding tert-OH is 2. The monoisotopic (exact) mass is 295 g/mol. The zero-order chi connectivity index (χ0) is 15.2. The minimum absolute atomic E-state index is 0.104. The molecule has 0 aliphatic carbocycles. The standard InChI is InChI=1S/C13H17N3O5/c17-6-4-15(5-7-18)11(19)8-16-12(20)9-21-10-2-1-3-14-13(10)16/h1-3,17-18H,4-9H2. The van der Waals surface area contributed by atoms with Crippen molar-refractivity contribution in [3.8, 4) is 5.75 Å². The van der Waals surface area contributed by atoms with E-state index in [2.05, 4.69) is 4.98 Å². The molecule has 114 valence electrons. The lowest BCUT2D eigenvalue weighted by atomic mass is 10.3. The van der Waals surface area contributed by atoms with Gasteiger partial charge >= 0.3 is 0 Å². The Morgan fingerprint density at radius 3 is 2.76 bits per heavy atom. The van der Waals surface area contributed by atoms with Crippen molar-refractivity contribution < 1.29 is 24.5 Å². The van der Waals surface area contributed by atoms with Crippen LogP contribution in [-0.2, 0) is 9.59 Å². The second kappa shape index (κ2) is 7.00. The predicted molar refractivity (Wildman–Crippen MR) is 72.8 cm³/mol. The number of nitrogens with zero attached hydrogens (tertiary/aromatic N) is 3. The van der Waals surface area contributed by atoms with Gasteiger partial charge in [-0.25, -0.2) is 4.98 Å². The van der Waals surface area contributed by atoms with Crippen molar-refractivity contribution in [1.82, 2.24) is 9.88 Å². The molecule has 0 fully saturated rings. The van der Waals surface area contributed by atoms with Gasteiger partial charge in [0.1, 0.15) is 6.54 Å². The van der Waals surface area contributed by atoms with Crippen LogP contribution < -0.4 is 9.64 Å². The van der Waals surface area contributed by atoms with E-state index >= 15 is 0 Å². The highest BCUT2D eigenvalue weighted by atomic mass is 16.5. The van der Waals surface area contributed by atoms with Crippen LogP contribution >= 0.6 is 0 Å². The third-order valence-corrected chi connectivity index (χ3v) is 3.04. The molecule has 1 aliphatic rings. The first-order valence-corrected chi connectivity index (χ1v) is 6.55. The van der Waals surface area contributed by atoms with Gasteiger partial charge in [-0.2, -0.15) is 0 Å². The van der Waals surface area contributed by atoms with E-state index in [1.165, 1.54) is 16.0 Å². The molecule has 1 aliphatic heterocycles. The Labute approximate surface area is 121 Å². The lowest BCUT2D eigenvalue weighted by molar-refractivity contribution is -0.132. The molecule has 0 atom stereocenters. The molecule has 2 rings (SSSR count). The molecule has 1 aromatic heterocycles. The summed E-state index contributed by atoms with van der Waals surface area (Å²) in [7, 11) is 0. The molecule has 0 unspecified atom stereocenters. The van der Waals surface area contributed by atoms with E-state index in [1.54, 1.807) is 12.1 Å². The normalized spacial score (nSPS) is 13.6. The molecule has 0 saturated carbocycles. The maximum absolute atomic E-state index is 12.2. The Morgan fingerprint density at radius 2 is 2.10 bits per heavy atom. The van der Waals surface area contributed by atoms with Gasteiger partial charge in [0, 0.05) is 19.3 Å². The SMILES string of the molecule is O=C(CN1C(=O)COc2cccnc21)N(CCO)CCO. The average molecular weight is 295 g/mol. The minimum atomic E-state index is -0.370. The average Bonchev–Trinajstić information content (AvgIpc) is 2.50. The molecule has 21 heavy (non-hydrogen) atoms. The quantitative estimate of drug-likeness (QED) is 0.670. The number of carbonyl (C=O) groups excluding carboxylic acids is 2. The summed E-state index contributed by atoms with van der Waals surface area (Å²) >= 11 is 0. The summed E-state index contributed by atoms with van der Waals surface area (Å²) in [6.07, 6.45) is 1.51. The van der Waals surface area contributed by atoms with E-state index in [0.717, 1.165) is 0 Å². The molecule has 2 N–H and O–H groups in total. The molecular weight excluding hydrogens is 278 g/mol. The second-order valence-corrected chi connectivity index (χ2v) is 4.42. The van der Waals surface area contributed by atoms with Gasteiger partial charge in [0.15, 0.2) is 18.2 Å². The van der Waals surface area contributed by atoms with Crippen LogP contribution in [0.2, 0.25) is 0 Å². The number of ether oxygens (including phenoxy) is 1. The van der Waals surface area contributed by atoms with Crippen molar-refractivity contribution in [3.05, 3.63) is 18.3 Å². The topological polar surface area (TPSA) is 103 Å². The smallest absolute Gasteiger partial charge is 0.266 e. The molecule has 1 aromatic rings. The highest BCUT2D eigenvalue weighted by Crippen LogP contribution is 2.28. The van der Waals surface area contributed by atoms with Crippen LogP contribution in [0.4, 0.5) is 5.82 Å². The highest BCUT2D eigenvalue weighted by molar-refractivity contribution is 6.01. The Kier molecular flexibility index (Phi) is 5.07. The number of pyridine rings is 1. The molecule has 2 heterocycles. The van der Waals surface area contributed by atoms with Crippen LogP contribution in [0.25, 0.3) is 0 Å². The van der Waals surface area contributed by atoms with Crippen LogP contribution in [0.5, 0.6) is 5.75 Å². The molecule has 0 aromatic carbocycles. The predicted octanol–water partition coefficient (Wildman–Crippen LogP) is -1.38. The van der Waals surface area contributed by atoms with Crippen molar-refractivity contribution in [2.45, 2.75) is 0 Å². The third kappa shape index (κ3) is 3.47. The lowest BCUT2D eigenvalue weighted by Gasteiger charge is -2.29. The van der Waals surface area contributed by atoms with E-state index in [1.807, 2.05) is 0 Å². The summed E-state index contributed by atoms with van der Waals surface area (Å²) in [6.45, 7) is -0.562. The summed E-state index contributed by atoms with van der Waals surface area (Å²) in [5, 5.41) is 17.9. The molecule has 0 spiro atoms. The number of fused-ring (bicyclic) bond motifs is 1. The number of aliphatic hydroxyl groups is 2. The number of anilines is 1.